The molecule has 2 aliphatic carbocycles. The van der Waals surface area contributed by atoms with Crippen LogP contribution in [0.15, 0.2) is 78.9 Å². The lowest BCUT2D eigenvalue weighted by atomic mass is 9.59. The minimum Gasteiger partial charge on any atom is -0.481 e. The summed E-state index contributed by atoms with van der Waals surface area (Å²) < 4.78 is 11.9. The van der Waals surface area contributed by atoms with Gasteiger partial charge in [-0.25, -0.2) is 4.79 Å². The summed E-state index contributed by atoms with van der Waals surface area (Å²) in [5, 5.41) is 12.7. The van der Waals surface area contributed by atoms with E-state index in [0.717, 1.165) is 16.7 Å². The molecule has 2 bridgehead atoms. The van der Waals surface area contributed by atoms with Crippen molar-refractivity contribution in [3.63, 3.8) is 0 Å². The number of hydrogen-bond acceptors (Lipinski definition) is 4. The van der Waals surface area contributed by atoms with Gasteiger partial charge in [-0.3, -0.25) is 4.79 Å². The number of benzene rings is 3. The largest absolute Gasteiger partial charge is 0.481 e. The molecule has 6 heteroatoms. The minimum atomic E-state index is -0.940. The van der Waals surface area contributed by atoms with E-state index < -0.39 is 29.2 Å². The number of nitrogens with one attached hydrogen (secondary N) is 1. The van der Waals surface area contributed by atoms with E-state index in [0.29, 0.717) is 12.8 Å². The maximum Gasteiger partial charge on any atom is 0.407 e. The van der Waals surface area contributed by atoms with Crippen LogP contribution in [-0.4, -0.2) is 35.9 Å². The zero-order valence-electron chi connectivity index (χ0n) is 18.6. The Bertz CT molecular complexity index is 1220. The highest BCUT2D eigenvalue weighted by Gasteiger charge is 2.72. The van der Waals surface area contributed by atoms with Crippen LogP contribution < -0.4 is 5.32 Å². The maximum absolute atomic E-state index is 12.6. The number of carboxylic acid groups (broad SMARTS) is 1. The van der Waals surface area contributed by atoms with Crippen LogP contribution in [0.1, 0.15) is 41.6 Å². The van der Waals surface area contributed by atoms with Gasteiger partial charge >= 0.3 is 12.1 Å². The fourth-order valence-corrected chi connectivity index (χ4v) is 6.06. The molecule has 0 spiro atoms. The zero-order valence-corrected chi connectivity index (χ0v) is 18.6. The first-order valence-corrected chi connectivity index (χ1v) is 11.6. The van der Waals surface area contributed by atoms with Gasteiger partial charge in [0.05, 0.1) is 18.2 Å². The van der Waals surface area contributed by atoms with Crippen LogP contribution in [0.3, 0.4) is 0 Å². The van der Waals surface area contributed by atoms with Crippen molar-refractivity contribution in [3.05, 3.63) is 95.6 Å². The van der Waals surface area contributed by atoms with Gasteiger partial charge in [0.1, 0.15) is 12.0 Å². The molecule has 3 aromatic carbocycles. The lowest BCUT2D eigenvalue weighted by molar-refractivity contribution is -0.155. The van der Waals surface area contributed by atoms with Gasteiger partial charge in [0.15, 0.2) is 0 Å². The predicted octanol–water partition coefficient (Wildman–Crippen LogP) is 4.90. The van der Waals surface area contributed by atoms with Crippen LogP contribution in [0.4, 0.5) is 4.79 Å². The van der Waals surface area contributed by atoms with Gasteiger partial charge in [-0.1, -0.05) is 78.9 Å². The second-order valence-corrected chi connectivity index (χ2v) is 9.59. The van der Waals surface area contributed by atoms with Gasteiger partial charge in [-0.15, -0.1) is 0 Å². The van der Waals surface area contributed by atoms with Crippen molar-refractivity contribution in [1.29, 1.82) is 0 Å². The Morgan fingerprint density at radius 3 is 2.12 bits per heavy atom. The summed E-state index contributed by atoms with van der Waals surface area (Å²) in [4.78, 5) is 24.7. The molecule has 1 unspecified atom stereocenters. The maximum atomic E-state index is 12.6. The number of fused-ring (bicyclic) bond motifs is 4. The monoisotopic (exact) mass is 455 g/mol. The molecule has 1 amide bonds. The number of carbonyl (C=O) groups is 2. The lowest BCUT2D eigenvalue weighted by Crippen LogP contribution is -2.54. The average Bonchev–Trinajstić information content (AvgIpc) is 3.47. The molecule has 3 fully saturated rings. The molecule has 4 aliphatic rings. The highest BCUT2D eigenvalue weighted by atomic mass is 16.6. The lowest BCUT2D eigenvalue weighted by Gasteiger charge is -2.42. The van der Waals surface area contributed by atoms with E-state index in [-0.39, 0.29) is 19.1 Å². The Balaban J connectivity index is 1.11. The summed E-state index contributed by atoms with van der Waals surface area (Å²) in [5.41, 5.74) is 3.91. The summed E-state index contributed by atoms with van der Waals surface area (Å²) in [7, 11) is 0. The first kappa shape index (κ1) is 20.9. The number of carbonyl (C=O) groups excluding carboxylic acids is 1. The number of alkyl carbamates (subject to hydrolysis) is 1. The molecule has 1 saturated carbocycles. The molecule has 0 aromatic heterocycles. The van der Waals surface area contributed by atoms with Gasteiger partial charge in [0.2, 0.25) is 0 Å². The molecular weight excluding hydrogens is 430 g/mol. The van der Waals surface area contributed by atoms with Gasteiger partial charge in [0, 0.05) is 5.92 Å². The van der Waals surface area contributed by atoms with Crippen molar-refractivity contribution in [1.82, 2.24) is 5.32 Å². The predicted molar refractivity (Wildman–Crippen MR) is 125 cm³/mol. The molecule has 7 rings (SSSR count). The third-order valence-electron chi connectivity index (χ3n) is 7.57. The quantitative estimate of drug-likeness (QED) is 0.552. The van der Waals surface area contributed by atoms with Gasteiger partial charge in [0.25, 0.3) is 0 Å². The third-order valence-corrected chi connectivity index (χ3v) is 7.57. The summed E-state index contributed by atoms with van der Waals surface area (Å²) in [5.74, 6) is -0.861. The van der Waals surface area contributed by atoms with E-state index in [1.807, 2.05) is 54.6 Å². The highest BCUT2D eigenvalue weighted by Crippen LogP contribution is 2.67. The molecule has 2 heterocycles. The summed E-state index contributed by atoms with van der Waals surface area (Å²) in [6.07, 6.45) is -0.289. The smallest absolute Gasteiger partial charge is 0.407 e. The molecule has 2 aliphatic heterocycles. The topological polar surface area (TPSA) is 84.9 Å². The van der Waals surface area contributed by atoms with Crippen LogP contribution in [-0.2, 0) is 14.3 Å². The normalized spacial score (nSPS) is 26.3. The van der Waals surface area contributed by atoms with Crippen molar-refractivity contribution in [3.8, 4) is 11.1 Å². The molecule has 3 aromatic rings. The molecule has 2 saturated heterocycles. The van der Waals surface area contributed by atoms with Crippen LogP contribution in [0, 0.1) is 5.41 Å². The summed E-state index contributed by atoms with van der Waals surface area (Å²) >= 11 is 0. The Labute approximate surface area is 197 Å². The van der Waals surface area contributed by atoms with E-state index in [9.17, 15) is 14.7 Å². The standard InChI is InChI=1S/C28H25NO5/c30-25(31)28-15-27(16-28,34-24(28)18-8-2-1-3-9-18)17-29-26(32)33-14-23-21-12-6-4-10-19(21)20-11-5-7-13-22(20)23/h1-13,23-24H,14-17H2,(H,29,32)(H,30,31). The molecule has 34 heavy (non-hydrogen) atoms. The summed E-state index contributed by atoms with van der Waals surface area (Å²) in [6.45, 7) is 0.460. The second kappa shape index (κ2) is 7.71. The van der Waals surface area contributed by atoms with Crippen molar-refractivity contribution in [2.24, 2.45) is 5.41 Å². The minimum absolute atomic E-state index is 0.00938. The number of amides is 1. The van der Waals surface area contributed by atoms with E-state index >= 15 is 0 Å². The molecule has 1 atom stereocenters. The number of ether oxygens (including phenoxy) is 2. The van der Waals surface area contributed by atoms with E-state index in [1.54, 1.807) is 0 Å². The molecule has 6 nitrogen and oxygen atoms in total. The molecule has 172 valence electrons. The van der Waals surface area contributed by atoms with Crippen molar-refractivity contribution in [2.45, 2.75) is 30.5 Å². The van der Waals surface area contributed by atoms with E-state index in [1.165, 1.54) is 11.1 Å². The molecule has 2 N–H and O–H groups in total. The second-order valence-electron chi connectivity index (χ2n) is 9.59. The van der Waals surface area contributed by atoms with Crippen LogP contribution in [0.25, 0.3) is 11.1 Å². The number of hydrogen-bond donors (Lipinski definition) is 2. The Kier molecular flexibility index (Phi) is 4.74. The zero-order chi connectivity index (χ0) is 23.3. The van der Waals surface area contributed by atoms with Gasteiger partial charge < -0.3 is 19.9 Å². The van der Waals surface area contributed by atoms with Gasteiger partial charge in [-0.05, 0) is 40.7 Å². The SMILES string of the molecule is O=C(NCC12CC(C(=O)O)(C1)C(c1ccccc1)O2)OCC1c2ccccc2-c2ccccc21. The Morgan fingerprint density at radius 2 is 1.50 bits per heavy atom. The first-order valence-electron chi connectivity index (χ1n) is 11.6. The van der Waals surface area contributed by atoms with E-state index in [2.05, 4.69) is 29.6 Å². The van der Waals surface area contributed by atoms with Crippen LogP contribution in [0.5, 0.6) is 0 Å². The van der Waals surface area contributed by atoms with Crippen molar-refractivity contribution < 1.29 is 24.2 Å². The number of rotatable bonds is 6. The number of carboxylic acids is 1. The first-order chi connectivity index (χ1) is 16.5. The van der Waals surface area contributed by atoms with Crippen LogP contribution >= 0.6 is 0 Å². The summed E-state index contributed by atoms with van der Waals surface area (Å²) in [6, 6.07) is 25.8. The molecule has 0 radical (unpaired) electrons. The van der Waals surface area contributed by atoms with Crippen molar-refractivity contribution >= 4 is 12.1 Å². The van der Waals surface area contributed by atoms with Crippen LogP contribution in [0.2, 0.25) is 0 Å². The number of aliphatic carboxylic acids is 1. The fourth-order valence-electron chi connectivity index (χ4n) is 6.06. The fraction of sp³-hybridized carbons (Fsp3) is 0.286. The van der Waals surface area contributed by atoms with E-state index in [4.69, 9.17) is 9.47 Å². The Morgan fingerprint density at radius 1 is 0.912 bits per heavy atom. The third kappa shape index (κ3) is 3.13. The van der Waals surface area contributed by atoms with Gasteiger partial charge in [-0.2, -0.15) is 0 Å². The Hall–Kier alpha value is -3.64. The molecular formula is C28H25NO5. The van der Waals surface area contributed by atoms with Crippen molar-refractivity contribution in [2.75, 3.05) is 13.2 Å². The average molecular weight is 456 g/mol. The highest BCUT2D eigenvalue weighted by molar-refractivity contribution is 5.80.